The zero-order chi connectivity index (χ0) is 16.5. The molecule has 0 aliphatic carbocycles. The lowest BCUT2D eigenvalue weighted by molar-refractivity contribution is 0.0636. The molecule has 1 aliphatic heterocycles. The average molecular weight is 337 g/mol. The van der Waals surface area contributed by atoms with Crippen molar-refractivity contribution < 1.29 is 9.90 Å². The number of aliphatic hydroxyl groups is 1. The monoisotopic (exact) mass is 337 g/mol. The molecule has 0 aromatic carbocycles. The number of nitrogens with one attached hydrogen (secondary N) is 1. The van der Waals surface area contributed by atoms with Crippen molar-refractivity contribution in [3.05, 3.63) is 30.1 Å². The Morgan fingerprint density at radius 2 is 2.22 bits per heavy atom. The Hall–Kier alpha value is -1.27. The zero-order valence-electron chi connectivity index (χ0n) is 13.8. The molecular weight excluding hydrogens is 310 g/mol. The van der Waals surface area contributed by atoms with E-state index in [0.717, 1.165) is 36.6 Å². The normalized spacial score (nSPS) is 17.0. The molecule has 2 amide bonds. The van der Waals surface area contributed by atoms with Gasteiger partial charge in [-0.05, 0) is 43.1 Å². The average Bonchev–Trinajstić information content (AvgIpc) is 2.61. The van der Waals surface area contributed by atoms with E-state index in [1.54, 1.807) is 6.20 Å². The first-order valence-corrected chi connectivity index (χ1v) is 9.57. The second-order valence-corrected chi connectivity index (χ2v) is 7.09. The summed E-state index contributed by atoms with van der Waals surface area (Å²) in [6, 6.07) is 5.62. The summed E-state index contributed by atoms with van der Waals surface area (Å²) in [6.45, 7) is 4.28. The predicted octanol–water partition coefficient (Wildman–Crippen LogP) is 2.68. The van der Waals surface area contributed by atoms with Crippen LogP contribution < -0.4 is 5.32 Å². The Morgan fingerprint density at radius 3 is 2.87 bits per heavy atom. The second kappa shape index (κ2) is 9.78. The molecule has 0 spiro atoms. The number of hydrogen-bond acceptors (Lipinski definition) is 4. The van der Waals surface area contributed by atoms with Crippen molar-refractivity contribution in [1.82, 2.24) is 15.2 Å². The Kier molecular flexibility index (Phi) is 7.68. The van der Waals surface area contributed by atoms with Crippen molar-refractivity contribution in [3.63, 3.8) is 0 Å². The maximum Gasteiger partial charge on any atom is 0.317 e. The molecule has 2 heterocycles. The number of rotatable bonds is 7. The molecule has 1 aromatic rings. The summed E-state index contributed by atoms with van der Waals surface area (Å²) in [5.74, 6) is 2.29. The minimum Gasteiger partial charge on any atom is -0.387 e. The number of likely N-dealkylation sites (tertiary alicyclic amines) is 1. The van der Waals surface area contributed by atoms with E-state index in [0.29, 0.717) is 13.1 Å². The summed E-state index contributed by atoms with van der Waals surface area (Å²) < 4.78 is 0. The SMILES string of the molecule is CCCSCCNC(=O)N1CCC(C(O)c2ccccn2)CC1. The molecule has 1 saturated heterocycles. The van der Waals surface area contributed by atoms with Crippen molar-refractivity contribution in [2.24, 2.45) is 5.92 Å². The van der Waals surface area contributed by atoms with Gasteiger partial charge in [0, 0.05) is 31.6 Å². The largest absolute Gasteiger partial charge is 0.387 e. The van der Waals surface area contributed by atoms with Crippen molar-refractivity contribution in [3.8, 4) is 0 Å². The number of hydrogen-bond donors (Lipinski definition) is 2. The molecule has 0 bridgehead atoms. The van der Waals surface area contributed by atoms with Gasteiger partial charge < -0.3 is 15.3 Å². The van der Waals surface area contributed by atoms with Crippen LogP contribution in [0.2, 0.25) is 0 Å². The number of amides is 2. The van der Waals surface area contributed by atoms with Gasteiger partial charge in [0.2, 0.25) is 0 Å². The Labute approximate surface area is 142 Å². The molecule has 1 atom stereocenters. The minimum atomic E-state index is -0.535. The Morgan fingerprint density at radius 1 is 1.43 bits per heavy atom. The Balaban J connectivity index is 1.70. The molecular formula is C17H27N3O2S. The summed E-state index contributed by atoms with van der Waals surface area (Å²) in [6.07, 6.45) is 3.97. The van der Waals surface area contributed by atoms with Gasteiger partial charge in [0.15, 0.2) is 0 Å². The number of urea groups is 1. The summed E-state index contributed by atoms with van der Waals surface area (Å²) in [5, 5.41) is 13.4. The number of pyridine rings is 1. The zero-order valence-corrected chi connectivity index (χ0v) is 14.6. The van der Waals surface area contributed by atoms with Gasteiger partial charge >= 0.3 is 6.03 Å². The second-order valence-electron chi connectivity index (χ2n) is 5.87. The molecule has 23 heavy (non-hydrogen) atoms. The van der Waals surface area contributed by atoms with Crippen molar-refractivity contribution in [2.75, 3.05) is 31.1 Å². The molecule has 2 N–H and O–H groups in total. The molecule has 128 valence electrons. The van der Waals surface area contributed by atoms with Crippen LogP contribution >= 0.6 is 11.8 Å². The highest BCUT2D eigenvalue weighted by Gasteiger charge is 2.28. The number of carbonyl (C=O) groups excluding carboxylic acids is 1. The fraction of sp³-hybridized carbons (Fsp3) is 0.647. The van der Waals surface area contributed by atoms with E-state index in [-0.39, 0.29) is 11.9 Å². The number of nitrogens with zero attached hydrogens (tertiary/aromatic N) is 2. The van der Waals surface area contributed by atoms with Crippen molar-refractivity contribution in [2.45, 2.75) is 32.3 Å². The van der Waals surface area contributed by atoms with Crippen LogP contribution in [0, 0.1) is 5.92 Å². The third-order valence-electron chi connectivity index (χ3n) is 4.14. The molecule has 1 fully saturated rings. The molecule has 1 aliphatic rings. The highest BCUT2D eigenvalue weighted by atomic mass is 32.2. The van der Waals surface area contributed by atoms with Crippen LogP contribution in [0.5, 0.6) is 0 Å². The van der Waals surface area contributed by atoms with Crippen LogP contribution in [-0.2, 0) is 0 Å². The van der Waals surface area contributed by atoms with Gasteiger partial charge in [0.25, 0.3) is 0 Å². The highest BCUT2D eigenvalue weighted by molar-refractivity contribution is 7.99. The third kappa shape index (κ3) is 5.70. The predicted molar refractivity (Wildman–Crippen MR) is 94.5 cm³/mol. The van der Waals surface area contributed by atoms with Gasteiger partial charge in [-0.25, -0.2) is 4.79 Å². The summed E-state index contributed by atoms with van der Waals surface area (Å²) in [5.41, 5.74) is 0.725. The molecule has 6 heteroatoms. The molecule has 5 nitrogen and oxygen atoms in total. The third-order valence-corrected chi connectivity index (χ3v) is 5.32. The van der Waals surface area contributed by atoms with Crippen LogP contribution in [-0.4, -0.2) is 52.2 Å². The number of thioether (sulfide) groups is 1. The molecule has 2 rings (SSSR count). The number of carbonyl (C=O) groups is 1. The van der Waals surface area contributed by atoms with Crippen LogP contribution in [0.15, 0.2) is 24.4 Å². The van der Waals surface area contributed by atoms with Crippen molar-refractivity contribution in [1.29, 1.82) is 0 Å². The van der Waals surface area contributed by atoms with E-state index in [9.17, 15) is 9.90 Å². The van der Waals surface area contributed by atoms with Gasteiger partial charge in [0.1, 0.15) is 0 Å². The first-order valence-electron chi connectivity index (χ1n) is 8.42. The molecule has 1 unspecified atom stereocenters. The standard InChI is InChI=1S/C17H27N3O2S/c1-2-12-23-13-9-19-17(22)20-10-6-14(7-11-20)16(21)15-5-3-4-8-18-15/h3-5,8,14,16,21H,2,6-7,9-13H2,1H3,(H,19,22). The van der Waals surface area contributed by atoms with Gasteiger partial charge in [-0.2, -0.15) is 11.8 Å². The van der Waals surface area contributed by atoms with Gasteiger partial charge in [-0.1, -0.05) is 13.0 Å². The highest BCUT2D eigenvalue weighted by Crippen LogP contribution is 2.29. The smallest absolute Gasteiger partial charge is 0.317 e. The molecule has 0 radical (unpaired) electrons. The van der Waals surface area contributed by atoms with E-state index in [1.807, 2.05) is 34.9 Å². The number of aromatic nitrogens is 1. The van der Waals surface area contributed by atoms with Crippen LogP contribution in [0.4, 0.5) is 4.79 Å². The number of piperidine rings is 1. The lowest BCUT2D eigenvalue weighted by Crippen LogP contribution is -2.45. The van der Waals surface area contributed by atoms with E-state index in [4.69, 9.17) is 0 Å². The van der Waals surface area contributed by atoms with Crippen LogP contribution in [0.25, 0.3) is 0 Å². The fourth-order valence-corrected chi connectivity index (χ4v) is 3.54. The lowest BCUT2D eigenvalue weighted by atomic mass is 9.89. The minimum absolute atomic E-state index is 0.0212. The lowest BCUT2D eigenvalue weighted by Gasteiger charge is -2.34. The molecule has 0 saturated carbocycles. The summed E-state index contributed by atoms with van der Waals surface area (Å²) in [4.78, 5) is 18.2. The first kappa shape index (κ1) is 18.1. The molecule has 1 aromatic heterocycles. The van der Waals surface area contributed by atoms with E-state index in [1.165, 1.54) is 6.42 Å². The Bertz CT molecular complexity index is 464. The van der Waals surface area contributed by atoms with Gasteiger partial charge in [-0.3, -0.25) is 4.98 Å². The summed E-state index contributed by atoms with van der Waals surface area (Å²) in [7, 11) is 0. The van der Waals surface area contributed by atoms with E-state index in [2.05, 4.69) is 17.2 Å². The fourth-order valence-electron chi connectivity index (χ4n) is 2.80. The first-order chi connectivity index (χ1) is 11.2. The quantitative estimate of drug-likeness (QED) is 0.751. The van der Waals surface area contributed by atoms with Crippen molar-refractivity contribution >= 4 is 17.8 Å². The number of aliphatic hydroxyl groups excluding tert-OH is 1. The van der Waals surface area contributed by atoms with Gasteiger partial charge in [0.05, 0.1) is 11.8 Å². The van der Waals surface area contributed by atoms with Gasteiger partial charge in [-0.15, -0.1) is 0 Å². The van der Waals surface area contributed by atoms with E-state index < -0.39 is 6.10 Å². The maximum atomic E-state index is 12.1. The van der Waals surface area contributed by atoms with Crippen LogP contribution in [0.1, 0.15) is 38.0 Å². The van der Waals surface area contributed by atoms with Crippen LogP contribution in [0.3, 0.4) is 0 Å². The topological polar surface area (TPSA) is 65.5 Å². The van der Waals surface area contributed by atoms with E-state index >= 15 is 0 Å². The maximum absolute atomic E-state index is 12.1. The summed E-state index contributed by atoms with van der Waals surface area (Å²) >= 11 is 1.87.